The third-order valence-corrected chi connectivity index (χ3v) is 5.41. The molecule has 0 unspecified atom stereocenters. The Morgan fingerprint density at radius 1 is 1.25 bits per heavy atom. The Bertz CT molecular complexity index is 394. The molecule has 1 aromatic rings. The van der Waals surface area contributed by atoms with Crippen molar-refractivity contribution < 1.29 is 0 Å². The molecule has 1 aromatic heterocycles. The van der Waals surface area contributed by atoms with Gasteiger partial charge in [-0.15, -0.1) is 11.3 Å². The zero-order chi connectivity index (χ0) is 14.4. The average Bonchev–Trinajstić information content (AvgIpc) is 2.89. The second-order valence-corrected chi connectivity index (χ2v) is 6.80. The molecule has 20 heavy (non-hydrogen) atoms. The molecular formula is C16H29N3S. The molecule has 1 fully saturated rings. The van der Waals surface area contributed by atoms with Crippen molar-refractivity contribution in [3.05, 3.63) is 10.6 Å². The van der Waals surface area contributed by atoms with Crippen molar-refractivity contribution in [1.82, 2.24) is 10.3 Å². The molecule has 0 aromatic carbocycles. The number of aryl methyl sites for hydroxylation is 1. The minimum Gasteiger partial charge on any atom is -0.348 e. The average molecular weight is 295 g/mol. The van der Waals surface area contributed by atoms with E-state index in [9.17, 15) is 0 Å². The highest BCUT2D eigenvalue weighted by atomic mass is 32.1. The maximum absolute atomic E-state index is 4.93. The van der Waals surface area contributed by atoms with E-state index < -0.39 is 0 Å². The van der Waals surface area contributed by atoms with E-state index in [2.05, 4.69) is 31.0 Å². The summed E-state index contributed by atoms with van der Waals surface area (Å²) in [4.78, 5) is 8.88. The monoisotopic (exact) mass is 295 g/mol. The van der Waals surface area contributed by atoms with E-state index in [-0.39, 0.29) is 0 Å². The summed E-state index contributed by atoms with van der Waals surface area (Å²) in [6.45, 7) is 11.1. The van der Waals surface area contributed by atoms with Crippen LogP contribution in [0.15, 0.2) is 0 Å². The fraction of sp³-hybridized carbons (Fsp3) is 0.812. The highest BCUT2D eigenvalue weighted by Crippen LogP contribution is 2.31. The second kappa shape index (κ2) is 7.99. The van der Waals surface area contributed by atoms with Gasteiger partial charge in [0.1, 0.15) is 0 Å². The lowest BCUT2D eigenvalue weighted by molar-refractivity contribution is 0.395. The minimum atomic E-state index is 0.933. The molecule has 2 heterocycles. The number of nitrogens with one attached hydrogen (secondary N) is 1. The van der Waals surface area contributed by atoms with Crippen LogP contribution in [0.1, 0.15) is 57.0 Å². The van der Waals surface area contributed by atoms with Gasteiger partial charge in [-0.1, -0.05) is 33.6 Å². The van der Waals surface area contributed by atoms with Crippen LogP contribution in [0.4, 0.5) is 5.13 Å². The first-order valence-corrected chi connectivity index (χ1v) is 9.04. The summed E-state index contributed by atoms with van der Waals surface area (Å²) in [5, 5.41) is 4.71. The van der Waals surface area contributed by atoms with Gasteiger partial charge in [-0.3, -0.25) is 0 Å². The van der Waals surface area contributed by atoms with E-state index in [1.165, 1.54) is 54.5 Å². The highest BCUT2D eigenvalue weighted by Gasteiger charge is 2.21. The van der Waals surface area contributed by atoms with Gasteiger partial charge in [0.25, 0.3) is 0 Å². The molecule has 0 saturated carbocycles. The summed E-state index contributed by atoms with van der Waals surface area (Å²) in [7, 11) is 0. The summed E-state index contributed by atoms with van der Waals surface area (Å²) in [6, 6.07) is 0. The number of aromatic nitrogens is 1. The van der Waals surface area contributed by atoms with Crippen molar-refractivity contribution in [3.8, 4) is 0 Å². The molecule has 1 saturated heterocycles. The molecule has 1 aliphatic rings. The number of hydrogen-bond acceptors (Lipinski definition) is 4. The van der Waals surface area contributed by atoms with Crippen LogP contribution in [-0.2, 0) is 13.0 Å². The number of nitrogens with zero attached hydrogens (tertiary/aromatic N) is 2. The maximum atomic E-state index is 4.93. The predicted molar refractivity (Wildman–Crippen MR) is 88.7 cm³/mol. The van der Waals surface area contributed by atoms with Crippen LogP contribution >= 0.6 is 11.3 Å². The molecule has 0 amide bonds. The number of hydrogen-bond donors (Lipinski definition) is 1. The second-order valence-electron chi connectivity index (χ2n) is 5.74. The van der Waals surface area contributed by atoms with Crippen LogP contribution in [0.25, 0.3) is 0 Å². The Morgan fingerprint density at radius 2 is 2.00 bits per heavy atom. The lowest BCUT2D eigenvalue weighted by atomic mass is 9.95. The van der Waals surface area contributed by atoms with Crippen LogP contribution in [0, 0.1) is 5.92 Å². The molecule has 0 aliphatic carbocycles. The van der Waals surface area contributed by atoms with Crippen LogP contribution in [0.5, 0.6) is 0 Å². The molecule has 1 aliphatic heterocycles. The Labute approximate surface area is 127 Å². The Balaban J connectivity index is 2.04. The molecule has 0 bridgehead atoms. The van der Waals surface area contributed by atoms with Crippen molar-refractivity contribution >= 4 is 16.5 Å². The van der Waals surface area contributed by atoms with E-state index >= 15 is 0 Å². The SMILES string of the molecule is CCCc1nc(N2CCC(CC)CC2)sc1CNCC. The normalized spacial score (nSPS) is 16.9. The summed E-state index contributed by atoms with van der Waals surface area (Å²) in [5.74, 6) is 0.933. The molecule has 0 atom stereocenters. The van der Waals surface area contributed by atoms with Crippen LogP contribution in [-0.4, -0.2) is 24.6 Å². The van der Waals surface area contributed by atoms with Crippen LogP contribution < -0.4 is 10.2 Å². The standard InChI is InChI=1S/C16H29N3S/c1-4-7-14-15(12-17-6-3)20-16(18-14)19-10-8-13(5-2)9-11-19/h13,17H,4-12H2,1-3H3. The van der Waals surface area contributed by atoms with Gasteiger partial charge in [0.15, 0.2) is 5.13 Å². The maximum Gasteiger partial charge on any atom is 0.185 e. The largest absolute Gasteiger partial charge is 0.348 e. The smallest absolute Gasteiger partial charge is 0.185 e. The Kier molecular flexibility index (Phi) is 6.30. The van der Waals surface area contributed by atoms with E-state index in [4.69, 9.17) is 4.98 Å². The van der Waals surface area contributed by atoms with Gasteiger partial charge in [-0.05, 0) is 31.7 Å². The first-order valence-electron chi connectivity index (χ1n) is 8.22. The topological polar surface area (TPSA) is 28.2 Å². The molecule has 3 nitrogen and oxygen atoms in total. The van der Waals surface area contributed by atoms with E-state index in [0.29, 0.717) is 0 Å². The summed E-state index contributed by atoms with van der Waals surface area (Å²) in [5.41, 5.74) is 1.33. The molecule has 0 radical (unpaired) electrons. The fourth-order valence-corrected chi connectivity index (χ4v) is 3.97. The van der Waals surface area contributed by atoms with Crippen molar-refractivity contribution in [2.45, 2.75) is 59.4 Å². The van der Waals surface area contributed by atoms with Gasteiger partial charge < -0.3 is 10.2 Å². The van der Waals surface area contributed by atoms with Crippen LogP contribution in [0.3, 0.4) is 0 Å². The Hall–Kier alpha value is -0.610. The van der Waals surface area contributed by atoms with Crippen molar-refractivity contribution in [2.75, 3.05) is 24.5 Å². The van der Waals surface area contributed by atoms with Crippen LogP contribution in [0.2, 0.25) is 0 Å². The number of piperidine rings is 1. The first kappa shape index (κ1) is 15.8. The number of anilines is 1. The lowest BCUT2D eigenvalue weighted by Crippen LogP contribution is -2.33. The molecule has 0 spiro atoms. The minimum absolute atomic E-state index is 0.933. The van der Waals surface area contributed by atoms with Gasteiger partial charge in [0.2, 0.25) is 0 Å². The van der Waals surface area contributed by atoms with E-state index in [1.807, 2.05) is 11.3 Å². The molecular weight excluding hydrogens is 266 g/mol. The summed E-state index contributed by atoms with van der Waals surface area (Å²) < 4.78 is 0. The van der Waals surface area contributed by atoms with Crippen molar-refractivity contribution in [3.63, 3.8) is 0 Å². The van der Waals surface area contributed by atoms with E-state index in [1.54, 1.807) is 0 Å². The predicted octanol–water partition coefficient (Wildman–Crippen LogP) is 3.83. The molecule has 1 N–H and O–H groups in total. The van der Waals surface area contributed by atoms with Gasteiger partial charge >= 0.3 is 0 Å². The molecule has 114 valence electrons. The quantitative estimate of drug-likeness (QED) is 0.828. The van der Waals surface area contributed by atoms with Gasteiger partial charge in [0.05, 0.1) is 5.69 Å². The molecule has 4 heteroatoms. The fourth-order valence-electron chi connectivity index (χ4n) is 2.85. The summed E-state index contributed by atoms with van der Waals surface area (Å²) >= 11 is 1.91. The number of rotatable bonds is 7. The lowest BCUT2D eigenvalue weighted by Gasteiger charge is -2.31. The zero-order valence-corrected chi connectivity index (χ0v) is 14.1. The van der Waals surface area contributed by atoms with Gasteiger partial charge in [-0.2, -0.15) is 0 Å². The first-order chi connectivity index (χ1) is 9.78. The van der Waals surface area contributed by atoms with Crippen molar-refractivity contribution in [2.24, 2.45) is 5.92 Å². The molecule has 2 rings (SSSR count). The zero-order valence-electron chi connectivity index (χ0n) is 13.2. The third kappa shape index (κ3) is 3.95. The summed E-state index contributed by atoms with van der Waals surface area (Å²) in [6.07, 6.45) is 6.30. The van der Waals surface area contributed by atoms with Gasteiger partial charge in [-0.25, -0.2) is 4.98 Å². The van der Waals surface area contributed by atoms with E-state index in [0.717, 1.165) is 25.4 Å². The van der Waals surface area contributed by atoms with Crippen molar-refractivity contribution in [1.29, 1.82) is 0 Å². The third-order valence-electron chi connectivity index (χ3n) is 4.25. The van der Waals surface area contributed by atoms with Gasteiger partial charge in [0, 0.05) is 24.5 Å². The number of thiazole rings is 1. The highest BCUT2D eigenvalue weighted by molar-refractivity contribution is 7.15. The Morgan fingerprint density at radius 3 is 2.60 bits per heavy atom.